The van der Waals surface area contributed by atoms with E-state index in [9.17, 15) is 15.3 Å². The Kier molecular flexibility index (Phi) is 4.26. The molecule has 1 aliphatic heterocycles. The van der Waals surface area contributed by atoms with Crippen molar-refractivity contribution < 1.29 is 20.1 Å². The first-order valence-corrected chi connectivity index (χ1v) is 9.69. The molecule has 0 spiro atoms. The van der Waals surface area contributed by atoms with E-state index in [-0.39, 0.29) is 0 Å². The van der Waals surface area contributed by atoms with Crippen LogP contribution in [0.4, 0.5) is 5.82 Å². The van der Waals surface area contributed by atoms with Crippen LogP contribution >= 0.6 is 0 Å². The number of hydrogen-bond acceptors (Lipinski definition) is 7. The molecule has 0 bridgehead atoms. The van der Waals surface area contributed by atoms with Gasteiger partial charge in [0.1, 0.15) is 35.6 Å². The molecule has 0 aliphatic carbocycles. The van der Waals surface area contributed by atoms with Gasteiger partial charge in [-0.15, -0.1) is 0 Å². The van der Waals surface area contributed by atoms with Crippen molar-refractivity contribution in [2.75, 3.05) is 12.3 Å². The van der Waals surface area contributed by atoms with Gasteiger partial charge < -0.3 is 30.4 Å². The summed E-state index contributed by atoms with van der Waals surface area (Å²) < 4.78 is 7.48. The van der Waals surface area contributed by atoms with Crippen LogP contribution in [0.1, 0.15) is 13.2 Å². The molecule has 0 amide bonds. The number of aromatic nitrogens is 3. The Bertz CT molecular complexity index is 1250. The second kappa shape index (κ2) is 6.75. The molecular weight excluding hydrogens is 384 g/mol. The Hall–Kier alpha value is -3.04. The standard InChI is InChI=1S/C22H22N4O4/c1-22(29)18(28)16(10-27)30-21(22)26-9-15(17-19(23)24-11-25-20(17)26)14-8-4-6-12-5-2-3-7-13(12)14/h2-9,11,16,18,21,27-29H,10H2,1H3,(H2,23,24,25). The van der Waals surface area contributed by atoms with E-state index < -0.39 is 30.6 Å². The van der Waals surface area contributed by atoms with E-state index in [1.165, 1.54) is 13.3 Å². The lowest BCUT2D eigenvalue weighted by molar-refractivity contribution is -0.0948. The van der Waals surface area contributed by atoms with Gasteiger partial charge in [0, 0.05) is 11.8 Å². The summed E-state index contributed by atoms with van der Waals surface area (Å²) in [6, 6.07) is 14.0. The normalized spacial score (nSPS) is 26.6. The third-order valence-corrected chi connectivity index (χ3v) is 5.91. The number of anilines is 1. The number of aliphatic hydroxyl groups excluding tert-OH is 2. The Morgan fingerprint density at radius 1 is 1.13 bits per heavy atom. The summed E-state index contributed by atoms with van der Waals surface area (Å²) in [5, 5.41) is 33.7. The van der Waals surface area contributed by atoms with Gasteiger partial charge >= 0.3 is 0 Å². The number of fused-ring (bicyclic) bond motifs is 2. The lowest BCUT2D eigenvalue weighted by Crippen LogP contribution is -2.44. The first kappa shape index (κ1) is 19.0. The molecule has 1 fully saturated rings. The minimum Gasteiger partial charge on any atom is -0.394 e. The maximum absolute atomic E-state index is 11.0. The minimum atomic E-state index is -1.64. The van der Waals surface area contributed by atoms with Crippen molar-refractivity contribution in [3.63, 3.8) is 0 Å². The molecule has 8 nitrogen and oxygen atoms in total. The molecular formula is C22H22N4O4. The van der Waals surface area contributed by atoms with E-state index in [1.54, 1.807) is 4.57 Å². The van der Waals surface area contributed by atoms with Crippen molar-refractivity contribution >= 4 is 27.6 Å². The van der Waals surface area contributed by atoms with E-state index in [0.29, 0.717) is 16.9 Å². The number of aliphatic hydroxyl groups is 3. The van der Waals surface area contributed by atoms with Gasteiger partial charge in [-0.1, -0.05) is 42.5 Å². The van der Waals surface area contributed by atoms with Crippen molar-refractivity contribution in [1.29, 1.82) is 0 Å². The fraction of sp³-hybridized carbons (Fsp3) is 0.273. The molecule has 5 N–H and O–H groups in total. The van der Waals surface area contributed by atoms with Gasteiger partial charge in [-0.25, -0.2) is 9.97 Å². The molecule has 1 aliphatic rings. The van der Waals surface area contributed by atoms with Gasteiger partial charge in [-0.3, -0.25) is 0 Å². The van der Waals surface area contributed by atoms with E-state index in [1.807, 2.05) is 48.7 Å². The van der Waals surface area contributed by atoms with Gasteiger partial charge in [0.25, 0.3) is 0 Å². The largest absolute Gasteiger partial charge is 0.394 e. The highest BCUT2D eigenvalue weighted by molar-refractivity contribution is 6.07. The second-order valence-electron chi connectivity index (χ2n) is 7.81. The molecule has 3 heterocycles. The SMILES string of the molecule is CC1(O)C(O)C(CO)OC1n1cc(-c2cccc3ccccc23)c2c(N)ncnc21. The smallest absolute Gasteiger partial charge is 0.167 e. The number of nitrogen functional groups attached to an aromatic ring is 1. The van der Waals surface area contributed by atoms with Crippen LogP contribution in [0.15, 0.2) is 55.0 Å². The van der Waals surface area contributed by atoms with Gasteiger partial charge in [0.15, 0.2) is 6.23 Å². The first-order valence-electron chi connectivity index (χ1n) is 9.69. The van der Waals surface area contributed by atoms with Crippen molar-refractivity contribution in [2.24, 2.45) is 0 Å². The summed E-state index contributed by atoms with van der Waals surface area (Å²) in [6.45, 7) is 1.06. The lowest BCUT2D eigenvalue weighted by atomic mass is 9.96. The highest BCUT2D eigenvalue weighted by Crippen LogP contribution is 2.43. The average Bonchev–Trinajstić information content (AvgIpc) is 3.23. The molecule has 2 aromatic heterocycles. The van der Waals surface area contributed by atoms with E-state index in [4.69, 9.17) is 10.5 Å². The predicted molar refractivity (Wildman–Crippen MR) is 113 cm³/mol. The zero-order valence-electron chi connectivity index (χ0n) is 16.3. The van der Waals surface area contributed by atoms with Crippen LogP contribution in [0.2, 0.25) is 0 Å². The Morgan fingerprint density at radius 2 is 1.90 bits per heavy atom. The highest BCUT2D eigenvalue weighted by atomic mass is 16.6. The molecule has 2 aromatic carbocycles. The molecule has 4 atom stereocenters. The molecule has 0 saturated carbocycles. The number of rotatable bonds is 3. The Balaban J connectivity index is 1.78. The predicted octanol–water partition coefficient (Wildman–Crippen LogP) is 1.84. The van der Waals surface area contributed by atoms with Crippen LogP contribution in [-0.4, -0.2) is 54.3 Å². The maximum atomic E-state index is 11.0. The molecule has 4 aromatic rings. The van der Waals surface area contributed by atoms with Crippen LogP contribution in [0, 0.1) is 0 Å². The highest BCUT2D eigenvalue weighted by Gasteiger charge is 2.53. The van der Waals surface area contributed by atoms with Gasteiger partial charge in [-0.2, -0.15) is 0 Å². The van der Waals surface area contributed by atoms with Crippen LogP contribution in [0.25, 0.3) is 32.9 Å². The van der Waals surface area contributed by atoms with E-state index >= 15 is 0 Å². The fourth-order valence-corrected chi connectivity index (χ4v) is 4.34. The van der Waals surface area contributed by atoms with Crippen LogP contribution in [0.3, 0.4) is 0 Å². The number of ether oxygens (including phenoxy) is 1. The fourth-order valence-electron chi connectivity index (χ4n) is 4.34. The third kappa shape index (κ3) is 2.62. The minimum absolute atomic E-state index is 0.304. The number of nitrogens with two attached hydrogens (primary N) is 1. The Morgan fingerprint density at radius 3 is 2.67 bits per heavy atom. The average molecular weight is 406 g/mol. The van der Waals surface area contributed by atoms with Crippen molar-refractivity contribution in [2.45, 2.75) is 31.0 Å². The summed E-state index contributed by atoms with van der Waals surface area (Å²) in [7, 11) is 0. The van der Waals surface area contributed by atoms with Crippen LogP contribution in [0.5, 0.6) is 0 Å². The summed E-state index contributed by atoms with van der Waals surface area (Å²) in [5.74, 6) is 0.304. The number of benzene rings is 2. The van der Waals surface area contributed by atoms with E-state index in [2.05, 4.69) is 9.97 Å². The molecule has 154 valence electrons. The molecule has 4 unspecified atom stereocenters. The zero-order valence-corrected chi connectivity index (χ0v) is 16.3. The third-order valence-electron chi connectivity index (χ3n) is 5.91. The molecule has 30 heavy (non-hydrogen) atoms. The molecule has 5 rings (SSSR count). The van der Waals surface area contributed by atoms with Crippen molar-refractivity contribution in [1.82, 2.24) is 14.5 Å². The van der Waals surface area contributed by atoms with E-state index in [0.717, 1.165) is 21.9 Å². The summed E-state index contributed by atoms with van der Waals surface area (Å²) in [4.78, 5) is 8.55. The molecule has 8 heteroatoms. The monoisotopic (exact) mass is 406 g/mol. The Labute approximate surface area is 172 Å². The van der Waals surface area contributed by atoms with Gasteiger partial charge in [0.2, 0.25) is 0 Å². The molecule has 0 radical (unpaired) electrons. The van der Waals surface area contributed by atoms with Crippen LogP contribution < -0.4 is 5.73 Å². The van der Waals surface area contributed by atoms with Crippen molar-refractivity contribution in [3.8, 4) is 11.1 Å². The second-order valence-corrected chi connectivity index (χ2v) is 7.81. The van der Waals surface area contributed by atoms with Crippen LogP contribution in [-0.2, 0) is 4.74 Å². The summed E-state index contributed by atoms with van der Waals surface area (Å²) >= 11 is 0. The summed E-state index contributed by atoms with van der Waals surface area (Å²) in [5.41, 5.74) is 6.80. The van der Waals surface area contributed by atoms with Crippen molar-refractivity contribution in [3.05, 3.63) is 55.0 Å². The summed E-state index contributed by atoms with van der Waals surface area (Å²) in [6.07, 6.45) is 0.0197. The van der Waals surface area contributed by atoms with Gasteiger partial charge in [-0.05, 0) is 23.3 Å². The number of hydrogen-bond donors (Lipinski definition) is 4. The molecule has 1 saturated heterocycles. The maximum Gasteiger partial charge on any atom is 0.167 e. The number of nitrogens with zero attached hydrogens (tertiary/aromatic N) is 3. The lowest BCUT2D eigenvalue weighted by Gasteiger charge is -2.27. The topological polar surface area (TPSA) is 127 Å². The first-order chi connectivity index (χ1) is 14.4. The van der Waals surface area contributed by atoms with Gasteiger partial charge in [0.05, 0.1) is 12.0 Å². The quantitative estimate of drug-likeness (QED) is 0.409. The zero-order chi connectivity index (χ0) is 21.0.